The van der Waals surface area contributed by atoms with Crippen molar-refractivity contribution in [3.05, 3.63) is 0 Å². The third-order valence-electron chi connectivity index (χ3n) is 0.915. The summed E-state index contributed by atoms with van der Waals surface area (Å²) in [5, 5.41) is 3.35. The lowest BCUT2D eigenvalue weighted by Crippen LogP contribution is -2.44. The Hall–Kier alpha value is -0.840. The number of hydrogen-bond acceptors (Lipinski definition) is 2. The molecule has 0 heterocycles. The Bertz CT molecular complexity index is 138. The lowest BCUT2D eigenvalue weighted by atomic mass is 10.2. The predicted molar refractivity (Wildman–Crippen MR) is 47.8 cm³/mol. The van der Waals surface area contributed by atoms with Gasteiger partial charge in [-0.05, 0) is 18.1 Å². The van der Waals surface area contributed by atoms with Gasteiger partial charge in [0.15, 0.2) is 5.11 Å². The summed E-state index contributed by atoms with van der Waals surface area (Å²) in [6.07, 6.45) is 0.531. The van der Waals surface area contributed by atoms with Crippen LogP contribution in [0, 0.1) is 5.92 Å². The van der Waals surface area contributed by atoms with Crippen LogP contribution < -0.4 is 16.2 Å². The number of rotatable bonds is 4. The lowest BCUT2D eigenvalue weighted by molar-refractivity contribution is -0.110. The highest BCUT2D eigenvalue weighted by Gasteiger charge is 1.94. The maximum absolute atomic E-state index is 9.79. The van der Waals surface area contributed by atoms with Crippen molar-refractivity contribution in [2.45, 2.75) is 13.8 Å². The number of hydrazine groups is 1. The zero-order valence-corrected chi connectivity index (χ0v) is 7.49. The van der Waals surface area contributed by atoms with E-state index >= 15 is 0 Å². The first-order valence-electron chi connectivity index (χ1n) is 3.40. The van der Waals surface area contributed by atoms with E-state index in [-0.39, 0.29) is 0 Å². The lowest BCUT2D eigenvalue weighted by Gasteiger charge is -2.10. The Morgan fingerprint density at radius 2 is 2.27 bits per heavy atom. The van der Waals surface area contributed by atoms with Crippen molar-refractivity contribution in [1.82, 2.24) is 16.2 Å². The summed E-state index contributed by atoms with van der Waals surface area (Å²) < 4.78 is 0. The van der Waals surface area contributed by atoms with Crippen molar-refractivity contribution in [3.8, 4) is 0 Å². The molecule has 0 rings (SSSR count). The molecule has 5 heteroatoms. The molecule has 0 aliphatic carbocycles. The predicted octanol–water partition coefficient (Wildman–Crippen LogP) is -0.232. The molecule has 0 bridgehead atoms. The van der Waals surface area contributed by atoms with Gasteiger partial charge in [0.05, 0.1) is 0 Å². The third kappa shape index (κ3) is 7.05. The molecule has 4 nitrogen and oxygen atoms in total. The van der Waals surface area contributed by atoms with E-state index in [0.29, 0.717) is 17.4 Å². The largest absolute Gasteiger partial charge is 0.361 e. The van der Waals surface area contributed by atoms with Crippen LogP contribution in [-0.4, -0.2) is 18.1 Å². The first-order chi connectivity index (χ1) is 5.16. The Morgan fingerprint density at radius 3 is 2.73 bits per heavy atom. The van der Waals surface area contributed by atoms with Gasteiger partial charge in [-0.1, -0.05) is 13.8 Å². The van der Waals surface area contributed by atoms with Crippen molar-refractivity contribution in [3.63, 3.8) is 0 Å². The molecule has 0 saturated heterocycles. The summed E-state index contributed by atoms with van der Waals surface area (Å²) in [4.78, 5) is 9.79. The molecule has 1 amide bonds. The topological polar surface area (TPSA) is 53.2 Å². The highest BCUT2D eigenvalue weighted by atomic mass is 32.1. The third-order valence-corrected chi connectivity index (χ3v) is 1.16. The number of carbonyl (C=O) groups is 1. The number of carbonyl (C=O) groups excluding carboxylic acids is 1. The molecule has 0 atom stereocenters. The average Bonchev–Trinajstić information content (AvgIpc) is 1.97. The van der Waals surface area contributed by atoms with Gasteiger partial charge < -0.3 is 5.32 Å². The van der Waals surface area contributed by atoms with Crippen LogP contribution in [0.4, 0.5) is 0 Å². The fraction of sp³-hybridized carbons (Fsp3) is 0.667. The number of thiocarbonyl (C=S) groups is 1. The maximum Gasteiger partial charge on any atom is 0.225 e. The van der Waals surface area contributed by atoms with Crippen molar-refractivity contribution >= 4 is 23.7 Å². The van der Waals surface area contributed by atoms with E-state index < -0.39 is 0 Å². The van der Waals surface area contributed by atoms with Crippen LogP contribution in [0.1, 0.15) is 13.8 Å². The number of amides is 1. The van der Waals surface area contributed by atoms with Crippen LogP contribution in [0.3, 0.4) is 0 Å². The van der Waals surface area contributed by atoms with Gasteiger partial charge in [0, 0.05) is 6.54 Å². The molecule has 64 valence electrons. The summed E-state index contributed by atoms with van der Waals surface area (Å²) in [6.45, 7) is 4.94. The van der Waals surface area contributed by atoms with Gasteiger partial charge in [0.2, 0.25) is 6.41 Å². The van der Waals surface area contributed by atoms with E-state index in [4.69, 9.17) is 12.2 Å². The molecule has 0 radical (unpaired) electrons. The Morgan fingerprint density at radius 1 is 1.64 bits per heavy atom. The molecule has 11 heavy (non-hydrogen) atoms. The smallest absolute Gasteiger partial charge is 0.225 e. The molecule has 0 aliphatic heterocycles. The molecule has 0 aromatic heterocycles. The standard InChI is InChI=1S/C6H13N3OS/c1-5(2)3-7-6(11)9-8-4-10/h4-5H,3H2,1-2H3,(H,8,10)(H2,7,9,11). The second-order valence-electron chi connectivity index (χ2n) is 2.49. The first-order valence-corrected chi connectivity index (χ1v) is 3.80. The van der Waals surface area contributed by atoms with E-state index in [2.05, 4.69) is 30.0 Å². The Kier molecular flexibility index (Phi) is 5.46. The summed E-state index contributed by atoms with van der Waals surface area (Å²) in [5.74, 6) is 0.533. The number of nitrogens with one attached hydrogen (secondary N) is 3. The molecule has 0 saturated carbocycles. The average molecular weight is 175 g/mol. The van der Waals surface area contributed by atoms with E-state index in [1.54, 1.807) is 0 Å². The van der Waals surface area contributed by atoms with Crippen molar-refractivity contribution < 1.29 is 4.79 Å². The Labute approximate surface area is 71.7 Å². The van der Waals surface area contributed by atoms with Crippen LogP contribution in [0.2, 0.25) is 0 Å². The zero-order valence-electron chi connectivity index (χ0n) is 6.68. The molecule has 0 aliphatic rings. The monoisotopic (exact) mass is 175 g/mol. The fourth-order valence-electron chi connectivity index (χ4n) is 0.436. The summed E-state index contributed by atoms with van der Waals surface area (Å²) >= 11 is 4.79. The van der Waals surface area contributed by atoms with Crippen LogP contribution in [0.15, 0.2) is 0 Å². The van der Waals surface area contributed by atoms with Crippen LogP contribution >= 0.6 is 12.2 Å². The number of hydrogen-bond donors (Lipinski definition) is 3. The van der Waals surface area contributed by atoms with E-state index in [9.17, 15) is 4.79 Å². The second-order valence-corrected chi connectivity index (χ2v) is 2.90. The minimum atomic E-state index is 0.436. The molecule has 0 aromatic carbocycles. The second kappa shape index (κ2) is 5.91. The van der Waals surface area contributed by atoms with Gasteiger partial charge in [0.1, 0.15) is 0 Å². The van der Waals surface area contributed by atoms with E-state index in [1.165, 1.54) is 0 Å². The van der Waals surface area contributed by atoms with Gasteiger partial charge in [-0.3, -0.25) is 15.6 Å². The minimum Gasteiger partial charge on any atom is -0.361 e. The first kappa shape index (κ1) is 10.2. The van der Waals surface area contributed by atoms with Crippen molar-refractivity contribution in [2.24, 2.45) is 5.92 Å². The minimum absolute atomic E-state index is 0.436. The highest BCUT2D eigenvalue weighted by molar-refractivity contribution is 7.80. The maximum atomic E-state index is 9.79. The Balaban J connectivity index is 3.29. The zero-order chi connectivity index (χ0) is 8.69. The summed E-state index contributed by atoms with van der Waals surface area (Å²) in [6, 6.07) is 0. The fourth-order valence-corrected chi connectivity index (χ4v) is 0.578. The van der Waals surface area contributed by atoms with Gasteiger partial charge in [-0.2, -0.15) is 0 Å². The van der Waals surface area contributed by atoms with Gasteiger partial charge in [-0.15, -0.1) is 0 Å². The molecule has 0 fully saturated rings. The van der Waals surface area contributed by atoms with Crippen LogP contribution in [-0.2, 0) is 4.79 Å². The molecule has 0 unspecified atom stereocenters. The molecule has 3 N–H and O–H groups in total. The van der Waals surface area contributed by atoms with Crippen molar-refractivity contribution in [1.29, 1.82) is 0 Å². The molecular formula is C6H13N3OS. The quantitative estimate of drug-likeness (QED) is 0.314. The van der Waals surface area contributed by atoms with Crippen molar-refractivity contribution in [2.75, 3.05) is 6.54 Å². The van der Waals surface area contributed by atoms with Crippen LogP contribution in [0.5, 0.6) is 0 Å². The highest BCUT2D eigenvalue weighted by Crippen LogP contribution is 1.85. The summed E-state index contributed by atoms with van der Waals surface area (Å²) in [7, 11) is 0. The van der Waals surface area contributed by atoms with E-state index in [1.807, 2.05) is 0 Å². The normalized spacial score (nSPS) is 9.00. The molecule has 0 spiro atoms. The summed E-state index contributed by atoms with van der Waals surface area (Å²) in [5.41, 5.74) is 4.73. The SMILES string of the molecule is CC(C)CNC(=S)NNC=O. The van der Waals surface area contributed by atoms with Gasteiger partial charge in [-0.25, -0.2) is 0 Å². The van der Waals surface area contributed by atoms with Crippen LogP contribution in [0.25, 0.3) is 0 Å². The van der Waals surface area contributed by atoms with Gasteiger partial charge in [0.25, 0.3) is 0 Å². The van der Waals surface area contributed by atoms with Gasteiger partial charge >= 0.3 is 0 Å². The molecular weight excluding hydrogens is 162 g/mol. The molecule has 0 aromatic rings. The van der Waals surface area contributed by atoms with E-state index in [0.717, 1.165) is 6.54 Å².